The van der Waals surface area contributed by atoms with E-state index in [0.717, 1.165) is 25.7 Å². The first kappa shape index (κ1) is 10.9. The van der Waals surface area contributed by atoms with Gasteiger partial charge in [-0.2, -0.15) is 0 Å². The van der Waals surface area contributed by atoms with Gasteiger partial charge in [0.2, 0.25) is 5.91 Å². The van der Waals surface area contributed by atoms with E-state index in [4.69, 9.17) is 9.47 Å². The minimum absolute atomic E-state index is 0.108. The fourth-order valence-corrected chi connectivity index (χ4v) is 2.55. The molecule has 1 unspecified atom stereocenters. The zero-order chi connectivity index (χ0) is 10.9. The lowest BCUT2D eigenvalue weighted by Gasteiger charge is -2.39. The van der Waals surface area contributed by atoms with Crippen molar-refractivity contribution in [1.29, 1.82) is 0 Å². The van der Waals surface area contributed by atoms with Crippen LogP contribution < -0.4 is 0 Å². The highest BCUT2D eigenvalue weighted by atomic mass is 16.7. The van der Waals surface area contributed by atoms with Crippen LogP contribution in [0.3, 0.4) is 0 Å². The van der Waals surface area contributed by atoms with Gasteiger partial charge in [0.1, 0.15) is 0 Å². The largest absolute Gasteiger partial charge is 0.348 e. The summed E-state index contributed by atoms with van der Waals surface area (Å²) < 4.78 is 11.4. The molecule has 0 aromatic heterocycles. The van der Waals surface area contributed by atoms with E-state index < -0.39 is 5.79 Å². The Kier molecular flexibility index (Phi) is 2.98. The van der Waals surface area contributed by atoms with Crippen molar-refractivity contribution in [3.05, 3.63) is 0 Å². The van der Waals surface area contributed by atoms with Crippen molar-refractivity contribution in [2.24, 2.45) is 5.92 Å². The molecule has 1 saturated heterocycles. The number of carbonyl (C=O) groups excluding carboxylic acids is 1. The minimum atomic E-state index is -0.598. The third-order valence-corrected chi connectivity index (χ3v) is 3.31. The first-order valence-corrected chi connectivity index (χ1v) is 5.65. The van der Waals surface area contributed by atoms with E-state index in [9.17, 15) is 4.79 Å². The molecular formula is C11H19NO3. The maximum absolute atomic E-state index is 12.0. The predicted octanol–water partition coefficient (Wildman–Crippen LogP) is 1.01. The van der Waals surface area contributed by atoms with Gasteiger partial charge in [0.05, 0.1) is 19.1 Å². The van der Waals surface area contributed by atoms with Gasteiger partial charge in [0.25, 0.3) is 0 Å². The molecule has 1 saturated carbocycles. The Morgan fingerprint density at radius 3 is 2.53 bits per heavy atom. The van der Waals surface area contributed by atoms with Crippen LogP contribution in [0.1, 0.15) is 25.7 Å². The average molecular weight is 213 g/mol. The molecule has 1 heterocycles. The number of hydrogen-bond acceptors (Lipinski definition) is 3. The first-order valence-electron chi connectivity index (χ1n) is 5.65. The molecule has 2 rings (SSSR count). The smallest absolute Gasteiger partial charge is 0.230 e. The number of carbonyl (C=O) groups is 1. The fourth-order valence-electron chi connectivity index (χ4n) is 2.55. The van der Waals surface area contributed by atoms with Gasteiger partial charge in [-0.05, 0) is 12.8 Å². The standard InChI is InChI=1S/C11H19NO3/c1-12(2)10(13)9-5-3-4-6-11(9)14-7-8-15-11/h9H,3-8H2,1-2H3. The predicted molar refractivity (Wildman–Crippen MR) is 55.3 cm³/mol. The Bertz CT molecular complexity index is 246. The van der Waals surface area contributed by atoms with E-state index in [-0.39, 0.29) is 11.8 Å². The van der Waals surface area contributed by atoms with Gasteiger partial charge in [-0.25, -0.2) is 0 Å². The lowest BCUT2D eigenvalue weighted by molar-refractivity contribution is -0.215. The Labute approximate surface area is 90.5 Å². The Hall–Kier alpha value is -0.610. The van der Waals surface area contributed by atoms with E-state index in [2.05, 4.69) is 0 Å². The maximum Gasteiger partial charge on any atom is 0.230 e. The normalized spacial score (nSPS) is 29.3. The zero-order valence-electron chi connectivity index (χ0n) is 9.49. The van der Waals surface area contributed by atoms with Gasteiger partial charge in [-0.15, -0.1) is 0 Å². The SMILES string of the molecule is CN(C)C(=O)C1CCCCC12OCCO2. The second-order valence-electron chi connectivity index (χ2n) is 4.54. The monoisotopic (exact) mass is 213 g/mol. The molecule has 86 valence electrons. The van der Waals surface area contributed by atoms with Crippen LogP contribution in [0.5, 0.6) is 0 Å². The molecule has 0 aromatic carbocycles. The Balaban J connectivity index is 2.15. The summed E-state index contributed by atoms with van der Waals surface area (Å²) in [7, 11) is 3.58. The summed E-state index contributed by atoms with van der Waals surface area (Å²) in [6.07, 6.45) is 3.93. The summed E-state index contributed by atoms with van der Waals surface area (Å²) >= 11 is 0. The van der Waals surface area contributed by atoms with Crippen LogP contribution in [0.2, 0.25) is 0 Å². The molecule has 0 N–H and O–H groups in total. The molecule has 1 amide bonds. The third-order valence-electron chi connectivity index (χ3n) is 3.31. The highest BCUT2D eigenvalue weighted by molar-refractivity contribution is 5.79. The van der Waals surface area contributed by atoms with E-state index in [1.165, 1.54) is 0 Å². The number of nitrogens with zero attached hydrogens (tertiary/aromatic N) is 1. The molecular weight excluding hydrogens is 194 g/mol. The Morgan fingerprint density at radius 2 is 1.93 bits per heavy atom. The van der Waals surface area contributed by atoms with Crippen LogP contribution in [-0.2, 0) is 14.3 Å². The van der Waals surface area contributed by atoms with E-state index in [1.807, 2.05) is 0 Å². The fraction of sp³-hybridized carbons (Fsp3) is 0.909. The summed E-state index contributed by atoms with van der Waals surface area (Å²) in [4.78, 5) is 13.7. The molecule has 1 atom stereocenters. The third kappa shape index (κ3) is 1.88. The summed E-state index contributed by atoms with van der Waals surface area (Å²) in [6.45, 7) is 1.24. The van der Waals surface area contributed by atoms with E-state index >= 15 is 0 Å². The molecule has 0 bridgehead atoms. The number of ether oxygens (including phenoxy) is 2. The van der Waals surface area contributed by atoms with Crippen LogP contribution in [0.25, 0.3) is 0 Å². The molecule has 4 nitrogen and oxygen atoms in total. The highest BCUT2D eigenvalue weighted by Gasteiger charge is 2.49. The summed E-state index contributed by atoms with van der Waals surface area (Å²) in [5, 5.41) is 0. The molecule has 1 spiro atoms. The summed E-state index contributed by atoms with van der Waals surface area (Å²) in [5.41, 5.74) is 0. The summed E-state index contributed by atoms with van der Waals surface area (Å²) in [6, 6.07) is 0. The van der Waals surface area contributed by atoms with Gasteiger partial charge in [-0.1, -0.05) is 6.42 Å². The lowest BCUT2D eigenvalue weighted by Crippen LogP contribution is -2.49. The molecule has 2 aliphatic rings. The average Bonchev–Trinajstić information content (AvgIpc) is 2.67. The topological polar surface area (TPSA) is 38.8 Å². The van der Waals surface area contributed by atoms with Crippen molar-refractivity contribution in [3.63, 3.8) is 0 Å². The zero-order valence-corrected chi connectivity index (χ0v) is 9.49. The van der Waals surface area contributed by atoms with Gasteiger partial charge in [0, 0.05) is 20.5 Å². The number of rotatable bonds is 1. The van der Waals surface area contributed by atoms with Crippen LogP contribution >= 0.6 is 0 Å². The van der Waals surface area contributed by atoms with Gasteiger partial charge in [-0.3, -0.25) is 4.79 Å². The maximum atomic E-state index is 12.0. The van der Waals surface area contributed by atoms with Crippen LogP contribution in [0.15, 0.2) is 0 Å². The molecule has 0 radical (unpaired) electrons. The van der Waals surface area contributed by atoms with Crippen molar-refractivity contribution >= 4 is 5.91 Å². The molecule has 0 aromatic rings. The number of hydrogen-bond donors (Lipinski definition) is 0. The van der Waals surface area contributed by atoms with Crippen LogP contribution in [-0.4, -0.2) is 43.9 Å². The Morgan fingerprint density at radius 1 is 1.27 bits per heavy atom. The number of amides is 1. The van der Waals surface area contributed by atoms with Crippen molar-refractivity contribution in [2.75, 3.05) is 27.3 Å². The van der Waals surface area contributed by atoms with Crippen molar-refractivity contribution < 1.29 is 14.3 Å². The van der Waals surface area contributed by atoms with E-state index in [1.54, 1.807) is 19.0 Å². The molecule has 15 heavy (non-hydrogen) atoms. The van der Waals surface area contributed by atoms with Crippen molar-refractivity contribution in [1.82, 2.24) is 4.90 Å². The molecule has 4 heteroatoms. The van der Waals surface area contributed by atoms with Crippen LogP contribution in [0, 0.1) is 5.92 Å². The van der Waals surface area contributed by atoms with Crippen molar-refractivity contribution in [3.8, 4) is 0 Å². The first-order chi connectivity index (χ1) is 7.16. The second kappa shape index (κ2) is 4.10. The lowest BCUT2D eigenvalue weighted by atomic mass is 9.82. The highest BCUT2D eigenvalue weighted by Crippen LogP contribution is 2.41. The van der Waals surface area contributed by atoms with Gasteiger partial charge >= 0.3 is 0 Å². The van der Waals surface area contributed by atoms with E-state index in [0.29, 0.717) is 13.2 Å². The minimum Gasteiger partial charge on any atom is -0.348 e. The van der Waals surface area contributed by atoms with Crippen molar-refractivity contribution in [2.45, 2.75) is 31.5 Å². The molecule has 2 fully saturated rings. The van der Waals surface area contributed by atoms with Crippen LogP contribution in [0.4, 0.5) is 0 Å². The van der Waals surface area contributed by atoms with Gasteiger partial charge in [0.15, 0.2) is 5.79 Å². The van der Waals surface area contributed by atoms with Gasteiger partial charge < -0.3 is 14.4 Å². The molecule has 1 aliphatic heterocycles. The summed E-state index contributed by atoms with van der Waals surface area (Å²) in [5.74, 6) is -0.570. The second-order valence-corrected chi connectivity index (χ2v) is 4.54. The quantitative estimate of drug-likeness (QED) is 0.652. The molecule has 1 aliphatic carbocycles.